The van der Waals surface area contributed by atoms with Crippen molar-refractivity contribution in [3.63, 3.8) is 0 Å². The van der Waals surface area contributed by atoms with E-state index in [9.17, 15) is 9.59 Å². The van der Waals surface area contributed by atoms with Crippen molar-refractivity contribution in [2.24, 2.45) is 0 Å². The number of rotatable bonds is 2. The third-order valence-electron chi connectivity index (χ3n) is 3.47. The lowest BCUT2D eigenvalue weighted by Gasteiger charge is -2.31. The van der Waals surface area contributed by atoms with Crippen molar-refractivity contribution in [1.29, 1.82) is 0 Å². The van der Waals surface area contributed by atoms with Crippen molar-refractivity contribution < 1.29 is 9.53 Å². The van der Waals surface area contributed by atoms with E-state index in [-0.39, 0.29) is 16.5 Å². The summed E-state index contributed by atoms with van der Waals surface area (Å²) in [7, 11) is 0. The van der Waals surface area contributed by atoms with Gasteiger partial charge in [-0.05, 0) is 32.1 Å². The largest absolute Gasteiger partial charge is 0.481 e. The summed E-state index contributed by atoms with van der Waals surface area (Å²) in [5.74, 6) is 0.329. The Hall–Kier alpha value is -2.60. The highest BCUT2D eigenvalue weighted by Gasteiger charge is 2.28. The molecule has 0 saturated carbocycles. The molecule has 6 nitrogen and oxygen atoms in total. The summed E-state index contributed by atoms with van der Waals surface area (Å²) in [5, 5.41) is 2.66. The average molecular weight is 346 g/mol. The minimum atomic E-state index is -0.624. The smallest absolute Gasteiger partial charge is 0.273 e. The van der Waals surface area contributed by atoms with Gasteiger partial charge in [-0.3, -0.25) is 19.1 Å². The highest BCUT2D eigenvalue weighted by Crippen LogP contribution is 2.35. The molecule has 3 rings (SSSR count). The first-order valence-corrected chi connectivity index (χ1v) is 7.71. The molecule has 2 aromatic rings. The Morgan fingerprint density at radius 1 is 1.42 bits per heavy atom. The molecule has 0 unspecified atom stereocenters. The van der Waals surface area contributed by atoms with E-state index in [1.54, 1.807) is 24.7 Å². The molecule has 1 aliphatic rings. The quantitative estimate of drug-likeness (QED) is 0.908. The predicted octanol–water partition coefficient (Wildman–Crippen LogP) is 2.92. The topological polar surface area (TPSA) is 73.2 Å². The van der Waals surface area contributed by atoms with Gasteiger partial charge >= 0.3 is 0 Å². The first-order valence-electron chi connectivity index (χ1n) is 7.33. The van der Waals surface area contributed by atoms with E-state index in [1.807, 2.05) is 19.9 Å². The van der Waals surface area contributed by atoms with Gasteiger partial charge in [0.05, 0.1) is 17.6 Å². The molecule has 0 aromatic carbocycles. The van der Waals surface area contributed by atoms with Crippen LogP contribution in [0.25, 0.3) is 5.70 Å². The van der Waals surface area contributed by atoms with Gasteiger partial charge in [0.1, 0.15) is 16.4 Å². The molecule has 0 saturated heterocycles. The van der Waals surface area contributed by atoms with Crippen LogP contribution in [-0.4, -0.2) is 21.1 Å². The lowest BCUT2D eigenvalue weighted by atomic mass is 10.00. The number of carbonyl (C=O) groups is 1. The van der Waals surface area contributed by atoms with Crippen molar-refractivity contribution in [1.82, 2.24) is 9.55 Å². The van der Waals surface area contributed by atoms with Gasteiger partial charge in [0.25, 0.3) is 5.56 Å². The van der Waals surface area contributed by atoms with Crippen molar-refractivity contribution in [3.05, 3.63) is 57.7 Å². The van der Waals surface area contributed by atoms with Gasteiger partial charge in [0.15, 0.2) is 0 Å². The number of amides is 1. The SMILES string of the molecule is CC(=O)Nc1cc(Cl)c(=O)n(C2=CC(C)(C)Oc3cnccc32)c1. The Kier molecular flexibility index (Phi) is 3.93. The van der Waals surface area contributed by atoms with E-state index in [1.165, 1.54) is 17.6 Å². The summed E-state index contributed by atoms with van der Waals surface area (Å²) < 4.78 is 7.29. The molecule has 7 heteroatoms. The summed E-state index contributed by atoms with van der Waals surface area (Å²) in [5.41, 5.74) is 0.789. The zero-order valence-electron chi connectivity index (χ0n) is 13.5. The average Bonchev–Trinajstić information content (AvgIpc) is 2.48. The lowest BCUT2D eigenvalue weighted by Crippen LogP contribution is -2.32. The second-order valence-corrected chi connectivity index (χ2v) is 6.45. The van der Waals surface area contributed by atoms with Crippen LogP contribution >= 0.6 is 11.6 Å². The monoisotopic (exact) mass is 345 g/mol. The number of anilines is 1. The van der Waals surface area contributed by atoms with E-state index in [4.69, 9.17) is 16.3 Å². The van der Waals surface area contributed by atoms with Gasteiger partial charge in [-0.25, -0.2) is 0 Å². The molecule has 0 radical (unpaired) electrons. The number of fused-ring (bicyclic) bond motifs is 1. The van der Waals surface area contributed by atoms with Crippen LogP contribution in [0.15, 0.2) is 41.6 Å². The molecule has 1 N–H and O–H groups in total. The number of ether oxygens (including phenoxy) is 1. The molecular weight excluding hydrogens is 330 g/mol. The summed E-state index contributed by atoms with van der Waals surface area (Å²) >= 11 is 6.06. The zero-order valence-corrected chi connectivity index (χ0v) is 14.2. The van der Waals surface area contributed by atoms with Crippen LogP contribution in [0.2, 0.25) is 5.02 Å². The summed E-state index contributed by atoms with van der Waals surface area (Å²) in [4.78, 5) is 27.9. The molecule has 3 heterocycles. The molecule has 24 heavy (non-hydrogen) atoms. The van der Waals surface area contributed by atoms with Gasteiger partial charge in [-0.15, -0.1) is 0 Å². The fourth-order valence-electron chi connectivity index (χ4n) is 2.59. The molecule has 1 aliphatic heterocycles. The van der Waals surface area contributed by atoms with E-state index in [0.717, 1.165) is 5.56 Å². The van der Waals surface area contributed by atoms with Gasteiger partial charge in [-0.1, -0.05) is 11.6 Å². The van der Waals surface area contributed by atoms with E-state index < -0.39 is 5.60 Å². The molecule has 1 amide bonds. The normalized spacial score (nSPS) is 15.1. The fourth-order valence-corrected chi connectivity index (χ4v) is 2.80. The third kappa shape index (κ3) is 3.05. The Labute approximate surface area is 143 Å². The zero-order chi connectivity index (χ0) is 17.5. The Morgan fingerprint density at radius 3 is 2.88 bits per heavy atom. The van der Waals surface area contributed by atoms with Crippen LogP contribution in [0.4, 0.5) is 5.69 Å². The van der Waals surface area contributed by atoms with Crippen molar-refractivity contribution in [3.8, 4) is 5.75 Å². The van der Waals surface area contributed by atoms with Crippen molar-refractivity contribution >= 4 is 28.9 Å². The standard InChI is InChI=1S/C17H16ClN3O3/c1-10(22)20-11-6-13(18)16(23)21(9-11)14-7-17(2,3)24-15-8-19-5-4-12(14)15/h4-9H,1-3H3,(H,20,22). The lowest BCUT2D eigenvalue weighted by molar-refractivity contribution is -0.114. The van der Waals surface area contributed by atoms with Crippen LogP contribution in [0.3, 0.4) is 0 Å². The van der Waals surface area contributed by atoms with E-state index in [0.29, 0.717) is 17.1 Å². The maximum Gasteiger partial charge on any atom is 0.273 e. The summed E-state index contributed by atoms with van der Waals surface area (Å²) in [6.07, 6.45) is 6.62. The molecular formula is C17H16ClN3O3. The maximum atomic E-state index is 12.5. The highest BCUT2D eigenvalue weighted by molar-refractivity contribution is 6.30. The minimum Gasteiger partial charge on any atom is -0.481 e. The van der Waals surface area contributed by atoms with Crippen molar-refractivity contribution in [2.45, 2.75) is 26.4 Å². The molecule has 0 bridgehead atoms. The summed E-state index contributed by atoms with van der Waals surface area (Å²) in [6.45, 7) is 5.15. The number of carbonyl (C=O) groups excluding carboxylic acids is 1. The number of hydrogen-bond acceptors (Lipinski definition) is 4. The second-order valence-electron chi connectivity index (χ2n) is 6.04. The van der Waals surface area contributed by atoms with Crippen LogP contribution < -0.4 is 15.6 Å². The van der Waals surface area contributed by atoms with Gasteiger partial charge < -0.3 is 10.1 Å². The number of nitrogens with one attached hydrogen (secondary N) is 1. The highest BCUT2D eigenvalue weighted by atomic mass is 35.5. The number of hydrogen-bond donors (Lipinski definition) is 1. The fraction of sp³-hybridized carbons (Fsp3) is 0.235. The second kappa shape index (κ2) is 5.79. The number of halogens is 1. The Balaban J connectivity index is 2.24. The number of nitrogens with zero attached hydrogens (tertiary/aromatic N) is 2. The maximum absolute atomic E-state index is 12.5. The third-order valence-corrected chi connectivity index (χ3v) is 3.74. The molecule has 0 aliphatic carbocycles. The molecule has 0 atom stereocenters. The van der Waals surface area contributed by atoms with Crippen LogP contribution in [0.1, 0.15) is 26.3 Å². The van der Waals surface area contributed by atoms with Gasteiger partial charge in [-0.2, -0.15) is 0 Å². The first-order chi connectivity index (χ1) is 11.3. The molecule has 0 fully saturated rings. The van der Waals surface area contributed by atoms with E-state index in [2.05, 4.69) is 10.3 Å². The predicted molar refractivity (Wildman–Crippen MR) is 92.3 cm³/mol. The number of pyridine rings is 2. The van der Waals surface area contributed by atoms with Crippen LogP contribution in [0, 0.1) is 0 Å². The molecule has 0 spiro atoms. The van der Waals surface area contributed by atoms with Crippen molar-refractivity contribution in [2.75, 3.05) is 5.32 Å². The summed E-state index contributed by atoms with van der Waals surface area (Å²) in [6, 6.07) is 3.20. The van der Waals surface area contributed by atoms with Crippen LogP contribution in [0.5, 0.6) is 5.75 Å². The Bertz CT molecular complexity index is 916. The van der Waals surface area contributed by atoms with Gasteiger partial charge in [0.2, 0.25) is 5.91 Å². The van der Waals surface area contributed by atoms with Crippen LogP contribution in [-0.2, 0) is 4.79 Å². The van der Waals surface area contributed by atoms with E-state index >= 15 is 0 Å². The minimum absolute atomic E-state index is 0.0158. The first kappa shape index (κ1) is 16.3. The number of aromatic nitrogens is 2. The molecule has 2 aromatic heterocycles. The van der Waals surface area contributed by atoms with Gasteiger partial charge in [0, 0.05) is 24.9 Å². The molecule has 124 valence electrons. The Morgan fingerprint density at radius 2 is 2.17 bits per heavy atom.